The van der Waals surface area contributed by atoms with Gasteiger partial charge < -0.3 is 20.5 Å². The number of nitrogens with two attached hydrogens (primary N) is 1. The van der Waals surface area contributed by atoms with Crippen LogP contribution in [-0.4, -0.2) is 36.8 Å². The Bertz CT molecular complexity index is 438. The van der Waals surface area contributed by atoms with Crippen LogP contribution in [0.25, 0.3) is 0 Å². The van der Waals surface area contributed by atoms with Crippen LogP contribution < -0.4 is 10.5 Å². The van der Waals surface area contributed by atoms with Crippen LogP contribution in [0.2, 0.25) is 0 Å². The Morgan fingerprint density at radius 3 is 2.60 bits per heavy atom. The first kappa shape index (κ1) is 17.3. The van der Waals surface area contributed by atoms with Gasteiger partial charge in [0.1, 0.15) is 0 Å². The van der Waals surface area contributed by atoms with Crippen LogP contribution in [0.15, 0.2) is 16.6 Å². The lowest BCUT2D eigenvalue weighted by Crippen LogP contribution is -2.31. The molecule has 0 aliphatic carbocycles. The summed E-state index contributed by atoms with van der Waals surface area (Å²) in [6.07, 6.45) is 0.977. The first-order chi connectivity index (χ1) is 9.35. The molecule has 0 aliphatic rings. The van der Waals surface area contributed by atoms with Gasteiger partial charge in [0.25, 0.3) is 0 Å². The minimum absolute atomic E-state index is 0.140. The SMILES string of the molecule is COc1cc(CN(C)CCC(N)C(C)C)cc(Br)c1O. The molecule has 1 aromatic rings. The lowest BCUT2D eigenvalue weighted by Gasteiger charge is -2.21. The molecule has 0 saturated carbocycles. The fourth-order valence-corrected chi connectivity index (χ4v) is 2.46. The summed E-state index contributed by atoms with van der Waals surface area (Å²) in [6, 6.07) is 4.01. The average Bonchev–Trinajstić information content (AvgIpc) is 2.39. The van der Waals surface area contributed by atoms with E-state index in [-0.39, 0.29) is 11.8 Å². The predicted molar refractivity (Wildman–Crippen MR) is 86.1 cm³/mol. The molecule has 0 spiro atoms. The minimum Gasteiger partial charge on any atom is -0.503 e. The first-order valence-corrected chi connectivity index (χ1v) is 7.64. The Morgan fingerprint density at radius 2 is 2.05 bits per heavy atom. The largest absolute Gasteiger partial charge is 0.503 e. The van der Waals surface area contributed by atoms with E-state index in [1.807, 2.05) is 12.1 Å². The molecule has 1 unspecified atom stereocenters. The summed E-state index contributed by atoms with van der Waals surface area (Å²) in [5.41, 5.74) is 7.15. The third-order valence-electron chi connectivity index (χ3n) is 3.46. The van der Waals surface area contributed by atoms with E-state index in [0.717, 1.165) is 25.1 Å². The fourth-order valence-electron chi connectivity index (χ4n) is 1.97. The molecule has 0 aliphatic heterocycles. The van der Waals surface area contributed by atoms with Crippen molar-refractivity contribution >= 4 is 15.9 Å². The number of halogens is 1. The topological polar surface area (TPSA) is 58.7 Å². The molecule has 1 aromatic carbocycles. The molecule has 3 N–H and O–H groups in total. The van der Waals surface area contributed by atoms with E-state index in [0.29, 0.717) is 16.1 Å². The molecule has 0 fully saturated rings. The van der Waals surface area contributed by atoms with Crippen molar-refractivity contribution in [1.82, 2.24) is 4.90 Å². The van der Waals surface area contributed by atoms with Crippen molar-refractivity contribution < 1.29 is 9.84 Å². The number of methoxy groups -OCH3 is 1. The summed E-state index contributed by atoms with van der Waals surface area (Å²) in [5.74, 6) is 1.13. The van der Waals surface area contributed by atoms with Crippen molar-refractivity contribution in [2.75, 3.05) is 20.7 Å². The summed E-state index contributed by atoms with van der Waals surface area (Å²) in [6.45, 7) is 6.03. The lowest BCUT2D eigenvalue weighted by molar-refractivity contribution is 0.295. The maximum Gasteiger partial charge on any atom is 0.172 e. The van der Waals surface area contributed by atoms with Gasteiger partial charge in [0, 0.05) is 12.6 Å². The lowest BCUT2D eigenvalue weighted by atomic mass is 10.0. The molecule has 1 atom stereocenters. The number of phenolic OH excluding ortho intramolecular Hbond substituents is 1. The zero-order chi connectivity index (χ0) is 15.3. The molecule has 20 heavy (non-hydrogen) atoms. The van der Waals surface area contributed by atoms with Crippen LogP contribution in [0.1, 0.15) is 25.8 Å². The highest BCUT2D eigenvalue weighted by atomic mass is 79.9. The summed E-state index contributed by atoms with van der Waals surface area (Å²) in [5, 5.41) is 9.79. The van der Waals surface area contributed by atoms with E-state index < -0.39 is 0 Å². The third-order valence-corrected chi connectivity index (χ3v) is 4.07. The van der Waals surface area contributed by atoms with Crippen molar-refractivity contribution in [1.29, 1.82) is 0 Å². The highest BCUT2D eigenvalue weighted by molar-refractivity contribution is 9.10. The number of rotatable bonds is 7. The van der Waals surface area contributed by atoms with E-state index >= 15 is 0 Å². The van der Waals surface area contributed by atoms with E-state index in [9.17, 15) is 5.11 Å². The molecule has 0 amide bonds. The van der Waals surface area contributed by atoms with Gasteiger partial charge in [-0.25, -0.2) is 0 Å². The van der Waals surface area contributed by atoms with Crippen LogP contribution in [0.5, 0.6) is 11.5 Å². The summed E-state index contributed by atoms with van der Waals surface area (Å²) in [7, 11) is 3.62. The van der Waals surface area contributed by atoms with E-state index in [4.69, 9.17) is 10.5 Å². The zero-order valence-electron chi connectivity index (χ0n) is 12.7. The number of phenols is 1. The van der Waals surface area contributed by atoms with Gasteiger partial charge in [-0.3, -0.25) is 0 Å². The molecular weight excluding hydrogens is 320 g/mol. The molecule has 0 saturated heterocycles. The van der Waals surface area contributed by atoms with Gasteiger partial charge in [0.2, 0.25) is 0 Å². The van der Waals surface area contributed by atoms with E-state index in [1.54, 1.807) is 7.11 Å². The van der Waals surface area contributed by atoms with Gasteiger partial charge in [0.05, 0.1) is 11.6 Å². The Kier molecular flexibility index (Phi) is 6.79. The Morgan fingerprint density at radius 1 is 1.40 bits per heavy atom. The van der Waals surface area contributed by atoms with Crippen LogP contribution in [0.3, 0.4) is 0 Å². The summed E-state index contributed by atoms with van der Waals surface area (Å²) >= 11 is 3.34. The maximum atomic E-state index is 9.79. The van der Waals surface area contributed by atoms with Crippen molar-refractivity contribution in [3.05, 3.63) is 22.2 Å². The van der Waals surface area contributed by atoms with Gasteiger partial charge in [-0.2, -0.15) is 0 Å². The normalized spacial score (nSPS) is 13.0. The second-order valence-corrected chi connectivity index (χ2v) is 6.42. The second kappa shape index (κ2) is 7.86. The fraction of sp³-hybridized carbons (Fsp3) is 0.600. The monoisotopic (exact) mass is 344 g/mol. The highest BCUT2D eigenvalue weighted by Gasteiger charge is 2.12. The minimum atomic E-state index is 0.140. The molecular formula is C15H25BrN2O2. The number of benzene rings is 1. The van der Waals surface area contributed by atoms with Gasteiger partial charge >= 0.3 is 0 Å². The number of aromatic hydroxyl groups is 1. The molecule has 0 bridgehead atoms. The molecule has 0 heterocycles. The molecule has 5 heteroatoms. The molecule has 4 nitrogen and oxygen atoms in total. The molecule has 114 valence electrons. The van der Waals surface area contributed by atoms with Gasteiger partial charge in [-0.1, -0.05) is 13.8 Å². The summed E-state index contributed by atoms with van der Waals surface area (Å²) < 4.78 is 5.81. The predicted octanol–water partition coefficient (Wildman–Crippen LogP) is 2.97. The van der Waals surface area contributed by atoms with E-state index in [2.05, 4.69) is 41.7 Å². The van der Waals surface area contributed by atoms with Gasteiger partial charge in [0.15, 0.2) is 11.5 Å². The van der Waals surface area contributed by atoms with Crippen molar-refractivity contribution in [3.63, 3.8) is 0 Å². The smallest absolute Gasteiger partial charge is 0.172 e. The van der Waals surface area contributed by atoms with E-state index in [1.165, 1.54) is 0 Å². The maximum absolute atomic E-state index is 9.79. The standard InChI is InChI=1S/C15H25BrN2O2/c1-10(2)13(17)5-6-18(3)9-11-7-12(16)15(19)14(8-11)20-4/h7-8,10,13,19H,5-6,9,17H2,1-4H3. The average molecular weight is 345 g/mol. The quantitative estimate of drug-likeness (QED) is 0.798. The van der Waals surface area contributed by atoms with Crippen LogP contribution >= 0.6 is 15.9 Å². The Hall–Kier alpha value is -0.780. The Balaban J connectivity index is 2.62. The van der Waals surface area contributed by atoms with Crippen LogP contribution in [0.4, 0.5) is 0 Å². The van der Waals surface area contributed by atoms with Gasteiger partial charge in [-0.05, 0) is 59.6 Å². The Labute approximate surface area is 130 Å². The third kappa shape index (κ3) is 4.96. The number of hydrogen-bond acceptors (Lipinski definition) is 4. The number of ether oxygens (including phenoxy) is 1. The van der Waals surface area contributed by atoms with Crippen LogP contribution in [0, 0.1) is 5.92 Å². The number of nitrogens with zero attached hydrogens (tertiary/aromatic N) is 1. The van der Waals surface area contributed by atoms with Crippen molar-refractivity contribution in [2.45, 2.75) is 32.9 Å². The number of hydrogen-bond donors (Lipinski definition) is 2. The van der Waals surface area contributed by atoms with Crippen LogP contribution in [-0.2, 0) is 6.54 Å². The van der Waals surface area contributed by atoms with Crippen molar-refractivity contribution in [2.24, 2.45) is 11.7 Å². The molecule has 0 aromatic heterocycles. The first-order valence-electron chi connectivity index (χ1n) is 6.84. The second-order valence-electron chi connectivity index (χ2n) is 5.56. The summed E-state index contributed by atoms with van der Waals surface area (Å²) in [4.78, 5) is 2.22. The highest BCUT2D eigenvalue weighted by Crippen LogP contribution is 2.35. The van der Waals surface area contributed by atoms with Gasteiger partial charge in [-0.15, -0.1) is 0 Å². The molecule has 0 radical (unpaired) electrons. The molecule has 1 rings (SSSR count). The zero-order valence-corrected chi connectivity index (χ0v) is 14.3. The van der Waals surface area contributed by atoms with Crippen molar-refractivity contribution in [3.8, 4) is 11.5 Å².